The predicted octanol–water partition coefficient (Wildman–Crippen LogP) is 8.48. The number of hydrogen-bond donors (Lipinski definition) is 0. The molecule has 0 amide bonds. The molecular weight excluding hydrogens is 492 g/mol. The molecule has 0 aliphatic rings. The van der Waals surface area contributed by atoms with Crippen molar-refractivity contribution in [3.8, 4) is 11.5 Å². The van der Waals surface area contributed by atoms with Gasteiger partial charge in [-0.2, -0.15) is 10.2 Å². The molecule has 0 bridgehead atoms. The van der Waals surface area contributed by atoms with E-state index in [0.29, 0.717) is 13.1 Å². The van der Waals surface area contributed by atoms with Crippen LogP contribution >= 0.6 is 11.8 Å². The summed E-state index contributed by atoms with van der Waals surface area (Å²) in [5.41, 5.74) is 6.02. The van der Waals surface area contributed by atoms with E-state index in [2.05, 4.69) is 52.6 Å². The van der Waals surface area contributed by atoms with E-state index in [1.165, 1.54) is 16.7 Å². The van der Waals surface area contributed by atoms with Crippen LogP contribution in [0.15, 0.2) is 112 Å². The Kier molecular flexibility index (Phi) is 9.54. The van der Waals surface area contributed by atoms with E-state index in [1.807, 2.05) is 72.8 Å². The van der Waals surface area contributed by atoms with Gasteiger partial charge in [-0.1, -0.05) is 53.7 Å². The van der Waals surface area contributed by atoms with Crippen molar-refractivity contribution in [2.45, 2.75) is 20.0 Å². The summed E-state index contributed by atoms with van der Waals surface area (Å²) < 4.78 is 10.7. The third-order valence-corrected chi connectivity index (χ3v) is 6.62. The SMILES string of the molecule is COc1ccc(CN(Cc2ccc(OC)cc2)C(=Nc2ccc(N=Nc3ccc(C)cc3)cc2)SC)cc1. The molecule has 0 unspecified atom stereocenters. The third kappa shape index (κ3) is 7.70. The minimum atomic E-state index is 0.707. The summed E-state index contributed by atoms with van der Waals surface area (Å²) in [6.07, 6.45) is 2.05. The molecule has 6 nitrogen and oxygen atoms in total. The Morgan fingerprint density at radius 2 is 1.05 bits per heavy atom. The Labute approximate surface area is 229 Å². The number of aliphatic imine (C=N–C) groups is 1. The van der Waals surface area contributed by atoms with Crippen LogP contribution in [0.3, 0.4) is 0 Å². The monoisotopic (exact) mass is 524 g/mol. The van der Waals surface area contributed by atoms with Crippen LogP contribution in [0.4, 0.5) is 17.1 Å². The van der Waals surface area contributed by atoms with Crippen molar-refractivity contribution in [3.05, 3.63) is 114 Å². The Morgan fingerprint density at radius 3 is 1.47 bits per heavy atom. The van der Waals surface area contributed by atoms with E-state index >= 15 is 0 Å². The molecule has 4 rings (SSSR count). The lowest BCUT2D eigenvalue weighted by molar-refractivity contribution is 0.405. The molecule has 0 saturated heterocycles. The van der Waals surface area contributed by atoms with Gasteiger partial charge in [-0.05, 0) is 85.0 Å². The smallest absolute Gasteiger partial charge is 0.164 e. The van der Waals surface area contributed by atoms with Crippen LogP contribution in [0.1, 0.15) is 16.7 Å². The summed E-state index contributed by atoms with van der Waals surface area (Å²) in [4.78, 5) is 7.27. The molecule has 0 radical (unpaired) electrons. The summed E-state index contributed by atoms with van der Waals surface area (Å²) in [5.74, 6) is 1.68. The Bertz CT molecular complexity index is 1300. The van der Waals surface area contributed by atoms with Crippen molar-refractivity contribution in [1.29, 1.82) is 0 Å². The fourth-order valence-electron chi connectivity index (χ4n) is 3.77. The molecule has 0 aromatic heterocycles. The fourth-order valence-corrected chi connectivity index (χ4v) is 4.35. The Hall–Kier alpha value is -4.10. The van der Waals surface area contributed by atoms with Crippen molar-refractivity contribution < 1.29 is 9.47 Å². The van der Waals surface area contributed by atoms with Crippen molar-refractivity contribution in [2.24, 2.45) is 15.2 Å². The molecule has 0 fully saturated rings. The largest absolute Gasteiger partial charge is 0.497 e. The predicted molar refractivity (Wildman–Crippen MR) is 158 cm³/mol. The highest BCUT2D eigenvalue weighted by Gasteiger charge is 2.13. The van der Waals surface area contributed by atoms with E-state index in [4.69, 9.17) is 14.5 Å². The van der Waals surface area contributed by atoms with Crippen LogP contribution < -0.4 is 9.47 Å². The number of azo groups is 1. The topological polar surface area (TPSA) is 58.8 Å². The van der Waals surface area contributed by atoms with Gasteiger partial charge in [0.05, 0.1) is 31.3 Å². The van der Waals surface area contributed by atoms with Gasteiger partial charge in [0.2, 0.25) is 0 Å². The molecule has 7 heteroatoms. The number of amidine groups is 1. The number of ether oxygens (including phenoxy) is 2. The maximum Gasteiger partial charge on any atom is 0.164 e. The average molecular weight is 525 g/mol. The maximum atomic E-state index is 5.33. The van der Waals surface area contributed by atoms with Gasteiger partial charge in [-0.25, -0.2) is 4.99 Å². The second-order valence-electron chi connectivity index (χ2n) is 8.70. The maximum absolute atomic E-state index is 5.33. The van der Waals surface area contributed by atoms with Crippen molar-refractivity contribution in [1.82, 2.24) is 4.90 Å². The second-order valence-corrected chi connectivity index (χ2v) is 9.48. The minimum absolute atomic E-state index is 0.707. The van der Waals surface area contributed by atoms with E-state index in [1.54, 1.807) is 26.0 Å². The van der Waals surface area contributed by atoms with Gasteiger partial charge in [-0.3, -0.25) is 0 Å². The minimum Gasteiger partial charge on any atom is -0.497 e. The molecule has 0 saturated carbocycles. The average Bonchev–Trinajstić information content (AvgIpc) is 2.96. The molecular formula is C31H32N4O2S. The highest BCUT2D eigenvalue weighted by Crippen LogP contribution is 2.25. The first kappa shape index (κ1) is 26.9. The van der Waals surface area contributed by atoms with Gasteiger partial charge in [0.15, 0.2) is 5.17 Å². The van der Waals surface area contributed by atoms with E-state index < -0.39 is 0 Å². The summed E-state index contributed by atoms with van der Waals surface area (Å²) in [5, 5.41) is 9.61. The van der Waals surface area contributed by atoms with Crippen LogP contribution in [-0.4, -0.2) is 30.5 Å². The van der Waals surface area contributed by atoms with E-state index in [-0.39, 0.29) is 0 Å². The molecule has 4 aromatic carbocycles. The zero-order valence-corrected chi connectivity index (χ0v) is 23.0. The van der Waals surface area contributed by atoms with Crippen molar-refractivity contribution >= 4 is 34.0 Å². The Balaban J connectivity index is 1.55. The van der Waals surface area contributed by atoms with Crippen molar-refractivity contribution in [2.75, 3.05) is 20.5 Å². The van der Waals surface area contributed by atoms with Gasteiger partial charge >= 0.3 is 0 Å². The van der Waals surface area contributed by atoms with Crippen LogP contribution in [0.2, 0.25) is 0 Å². The van der Waals surface area contributed by atoms with Crippen LogP contribution in [-0.2, 0) is 13.1 Å². The zero-order valence-electron chi connectivity index (χ0n) is 22.2. The molecule has 0 aliphatic carbocycles. The number of nitrogens with zero attached hydrogens (tertiary/aromatic N) is 4. The molecule has 0 heterocycles. The molecule has 0 spiro atoms. The number of thioether (sulfide) groups is 1. The molecule has 0 N–H and O–H groups in total. The van der Waals surface area contributed by atoms with Gasteiger partial charge in [0.1, 0.15) is 11.5 Å². The van der Waals surface area contributed by atoms with E-state index in [0.717, 1.165) is 33.7 Å². The van der Waals surface area contributed by atoms with Crippen LogP contribution in [0.5, 0.6) is 11.5 Å². The molecule has 38 heavy (non-hydrogen) atoms. The molecule has 0 atom stereocenters. The molecule has 194 valence electrons. The van der Waals surface area contributed by atoms with Crippen LogP contribution in [0, 0.1) is 6.92 Å². The van der Waals surface area contributed by atoms with E-state index in [9.17, 15) is 0 Å². The normalized spacial score (nSPS) is 11.5. The first-order chi connectivity index (χ1) is 18.6. The lowest BCUT2D eigenvalue weighted by atomic mass is 10.1. The fraction of sp³-hybridized carbons (Fsp3) is 0.194. The summed E-state index contributed by atoms with van der Waals surface area (Å²) in [6, 6.07) is 32.1. The highest BCUT2D eigenvalue weighted by atomic mass is 32.2. The lowest BCUT2D eigenvalue weighted by Crippen LogP contribution is -2.27. The summed E-state index contributed by atoms with van der Waals surface area (Å²) in [7, 11) is 3.36. The third-order valence-electron chi connectivity index (χ3n) is 5.91. The molecule has 0 aliphatic heterocycles. The number of methoxy groups -OCH3 is 2. The van der Waals surface area contributed by atoms with Crippen LogP contribution in [0.25, 0.3) is 0 Å². The number of aryl methyl sites for hydroxylation is 1. The van der Waals surface area contributed by atoms with Gasteiger partial charge < -0.3 is 14.4 Å². The second kappa shape index (κ2) is 13.4. The Morgan fingerprint density at radius 1 is 0.632 bits per heavy atom. The van der Waals surface area contributed by atoms with Crippen molar-refractivity contribution in [3.63, 3.8) is 0 Å². The van der Waals surface area contributed by atoms with Gasteiger partial charge in [0.25, 0.3) is 0 Å². The first-order valence-corrected chi connectivity index (χ1v) is 13.5. The molecule has 4 aromatic rings. The number of hydrogen-bond acceptors (Lipinski definition) is 6. The first-order valence-electron chi connectivity index (χ1n) is 12.3. The lowest BCUT2D eigenvalue weighted by Gasteiger charge is -2.25. The summed E-state index contributed by atoms with van der Waals surface area (Å²) in [6.45, 7) is 3.47. The number of benzene rings is 4. The summed E-state index contributed by atoms with van der Waals surface area (Å²) >= 11 is 1.62. The van der Waals surface area contributed by atoms with Gasteiger partial charge in [-0.15, -0.1) is 0 Å². The number of rotatable bonds is 9. The quantitative estimate of drug-likeness (QED) is 0.125. The van der Waals surface area contributed by atoms with Gasteiger partial charge in [0, 0.05) is 13.1 Å². The highest BCUT2D eigenvalue weighted by molar-refractivity contribution is 8.13. The standard InChI is InChI=1S/C31H32N4O2S/c1-23-5-11-27(12-6-23)33-34-28-15-13-26(14-16-28)32-31(38-4)35(21-24-7-17-29(36-2)18-8-24)22-25-9-19-30(37-3)20-10-25/h5-20H,21-22H2,1-4H3. The zero-order chi connectivity index (χ0) is 26.7.